The van der Waals surface area contributed by atoms with Gasteiger partial charge in [-0.25, -0.2) is 0 Å². The summed E-state index contributed by atoms with van der Waals surface area (Å²) in [7, 11) is 0. The summed E-state index contributed by atoms with van der Waals surface area (Å²) in [5.41, 5.74) is 0.728. The van der Waals surface area contributed by atoms with Crippen molar-refractivity contribution in [2.75, 3.05) is 0 Å². The first-order valence-corrected chi connectivity index (χ1v) is 5.27. The normalized spacial score (nSPS) is 13.6. The third kappa shape index (κ3) is 3.84. The van der Waals surface area contributed by atoms with Crippen molar-refractivity contribution in [3.8, 4) is 0 Å². The van der Waals surface area contributed by atoms with Gasteiger partial charge >= 0.3 is 0 Å². The van der Waals surface area contributed by atoms with Crippen LogP contribution in [0.25, 0.3) is 0 Å². The quantitative estimate of drug-likeness (QED) is 0.769. The van der Waals surface area contributed by atoms with E-state index in [1.54, 1.807) is 0 Å². The molecule has 0 spiro atoms. The molecule has 0 aliphatic carbocycles. The predicted octanol–water partition coefficient (Wildman–Crippen LogP) is 2.65. The molecule has 0 saturated heterocycles. The van der Waals surface area contributed by atoms with Crippen LogP contribution >= 0.6 is 0 Å². The first-order chi connectivity index (χ1) is 6.90. The van der Waals surface area contributed by atoms with Crippen molar-refractivity contribution >= 4 is 5.78 Å². The van der Waals surface area contributed by atoms with Crippen molar-refractivity contribution in [2.24, 2.45) is 0 Å². The standard InChI is InChI=1S/C13H19NO/c1-10(14-13(2,3)4)12(15)11-8-6-5-7-9-11/h5-10,14H,1-4H3/t10-/m0/s1. The van der Waals surface area contributed by atoms with E-state index in [1.807, 2.05) is 37.3 Å². The molecule has 1 atom stereocenters. The first kappa shape index (κ1) is 11.9. The smallest absolute Gasteiger partial charge is 0.179 e. The van der Waals surface area contributed by atoms with Gasteiger partial charge in [0.05, 0.1) is 6.04 Å². The van der Waals surface area contributed by atoms with E-state index in [0.717, 1.165) is 5.56 Å². The van der Waals surface area contributed by atoms with E-state index >= 15 is 0 Å². The molecule has 0 heterocycles. The highest BCUT2D eigenvalue weighted by Gasteiger charge is 2.20. The fourth-order valence-corrected chi connectivity index (χ4v) is 1.57. The Balaban J connectivity index is 2.70. The minimum atomic E-state index is -0.146. The lowest BCUT2D eigenvalue weighted by Crippen LogP contribution is -2.46. The maximum Gasteiger partial charge on any atom is 0.179 e. The van der Waals surface area contributed by atoms with Crippen molar-refractivity contribution in [1.82, 2.24) is 5.32 Å². The summed E-state index contributed by atoms with van der Waals surface area (Å²) in [4.78, 5) is 12.0. The van der Waals surface area contributed by atoms with E-state index in [0.29, 0.717) is 0 Å². The molecule has 0 amide bonds. The van der Waals surface area contributed by atoms with E-state index < -0.39 is 0 Å². The van der Waals surface area contributed by atoms with Gasteiger partial charge in [-0.2, -0.15) is 0 Å². The first-order valence-electron chi connectivity index (χ1n) is 5.27. The minimum Gasteiger partial charge on any atom is -0.303 e. The third-order valence-corrected chi connectivity index (χ3v) is 2.10. The van der Waals surface area contributed by atoms with Crippen LogP contribution < -0.4 is 5.32 Å². The van der Waals surface area contributed by atoms with Crippen molar-refractivity contribution in [1.29, 1.82) is 0 Å². The van der Waals surface area contributed by atoms with E-state index in [-0.39, 0.29) is 17.4 Å². The Bertz CT molecular complexity index is 324. The van der Waals surface area contributed by atoms with Crippen LogP contribution in [-0.4, -0.2) is 17.4 Å². The summed E-state index contributed by atoms with van der Waals surface area (Å²) < 4.78 is 0. The molecule has 0 radical (unpaired) electrons. The molecule has 0 unspecified atom stereocenters. The van der Waals surface area contributed by atoms with Gasteiger partial charge in [-0.15, -0.1) is 0 Å². The van der Waals surface area contributed by atoms with Gasteiger partial charge in [-0.3, -0.25) is 4.79 Å². The summed E-state index contributed by atoms with van der Waals surface area (Å²) >= 11 is 0. The Kier molecular flexibility index (Phi) is 3.64. The maximum atomic E-state index is 12.0. The molecule has 0 aromatic heterocycles. The van der Waals surface area contributed by atoms with Gasteiger partial charge in [-0.05, 0) is 27.7 Å². The van der Waals surface area contributed by atoms with Gasteiger partial charge in [0, 0.05) is 11.1 Å². The largest absolute Gasteiger partial charge is 0.303 e. The number of carbonyl (C=O) groups excluding carboxylic acids is 1. The highest BCUT2D eigenvalue weighted by molar-refractivity contribution is 5.99. The van der Waals surface area contributed by atoms with E-state index in [4.69, 9.17) is 0 Å². The van der Waals surface area contributed by atoms with Crippen molar-refractivity contribution < 1.29 is 4.79 Å². The number of benzene rings is 1. The summed E-state index contributed by atoms with van der Waals surface area (Å²) in [6.07, 6.45) is 0. The monoisotopic (exact) mass is 205 g/mol. The molecule has 1 rings (SSSR count). The zero-order valence-corrected chi connectivity index (χ0v) is 9.87. The number of nitrogens with one attached hydrogen (secondary N) is 1. The van der Waals surface area contributed by atoms with Gasteiger partial charge in [0.15, 0.2) is 5.78 Å². The van der Waals surface area contributed by atoms with Crippen molar-refractivity contribution in [3.05, 3.63) is 35.9 Å². The zero-order chi connectivity index (χ0) is 11.5. The maximum absolute atomic E-state index is 12.0. The fraction of sp³-hybridized carbons (Fsp3) is 0.462. The molecule has 0 saturated carbocycles. The van der Waals surface area contributed by atoms with Crippen LogP contribution in [0.4, 0.5) is 0 Å². The molecule has 1 aromatic rings. The van der Waals surface area contributed by atoms with Gasteiger partial charge < -0.3 is 5.32 Å². The van der Waals surface area contributed by atoms with Gasteiger partial charge in [0.2, 0.25) is 0 Å². The number of rotatable bonds is 3. The van der Waals surface area contributed by atoms with Crippen molar-refractivity contribution in [2.45, 2.75) is 39.3 Å². The molecule has 1 aromatic carbocycles. The summed E-state index contributed by atoms with van der Waals surface area (Å²) in [6, 6.07) is 9.24. The van der Waals surface area contributed by atoms with Gasteiger partial charge in [0.1, 0.15) is 0 Å². The van der Waals surface area contributed by atoms with Crippen LogP contribution in [0, 0.1) is 0 Å². The number of hydrogen-bond acceptors (Lipinski definition) is 2. The second-order valence-corrected chi connectivity index (χ2v) is 4.85. The van der Waals surface area contributed by atoms with Crippen LogP contribution in [0.5, 0.6) is 0 Å². The molecular formula is C13H19NO. The number of carbonyl (C=O) groups is 1. The Morgan fingerprint density at radius 3 is 2.20 bits per heavy atom. The van der Waals surface area contributed by atoms with E-state index in [2.05, 4.69) is 26.1 Å². The SMILES string of the molecule is C[C@H](NC(C)(C)C)C(=O)c1ccccc1. The molecule has 82 valence electrons. The Morgan fingerprint density at radius 2 is 1.73 bits per heavy atom. The zero-order valence-electron chi connectivity index (χ0n) is 9.87. The fourth-order valence-electron chi connectivity index (χ4n) is 1.57. The summed E-state index contributed by atoms with van der Waals surface area (Å²) in [5.74, 6) is 0.144. The topological polar surface area (TPSA) is 29.1 Å². The lowest BCUT2D eigenvalue weighted by atomic mass is 10.0. The van der Waals surface area contributed by atoms with Crippen LogP contribution in [-0.2, 0) is 0 Å². The molecule has 15 heavy (non-hydrogen) atoms. The number of Topliss-reactive ketones (excluding diaryl/α,β-unsaturated/α-hetero) is 1. The molecule has 0 bridgehead atoms. The van der Waals surface area contributed by atoms with Gasteiger partial charge in [0.25, 0.3) is 0 Å². The second-order valence-electron chi connectivity index (χ2n) is 4.85. The summed E-state index contributed by atoms with van der Waals surface area (Å²) in [5, 5.41) is 3.27. The second kappa shape index (κ2) is 4.58. The molecule has 0 aliphatic heterocycles. The lowest BCUT2D eigenvalue weighted by Gasteiger charge is -2.25. The molecule has 2 nitrogen and oxygen atoms in total. The number of ketones is 1. The average Bonchev–Trinajstić information content (AvgIpc) is 2.15. The molecular weight excluding hydrogens is 186 g/mol. The molecule has 0 aliphatic rings. The van der Waals surface area contributed by atoms with Crippen LogP contribution in [0.2, 0.25) is 0 Å². The Labute approximate surface area is 91.7 Å². The minimum absolute atomic E-state index is 0.0378. The number of hydrogen-bond donors (Lipinski definition) is 1. The molecule has 1 N–H and O–H groups in total. The third-order valence-electron chi connectivity index (χ3n) is 2.10. The lowest BCUT2D eigenvalue weighted by molar-refractivity contribution is 0.0936. The van der Waals surface area contributed by atoms with Crippen LogP contribution in [0.3, 0.4) is 0 Å². The molecule has 0 fully saturated rings. The highest BCUT2D eigenvalue weighted by atomic mass is 16.1. The highest BCUT2D eigenvalue weighted by Crippen LogP contribution is 2.07. The summed E-state index contributed by atoms with van der Waals surface area (Å²) in [6.45, 7) is 8.08. The van der Waals surface area contributed by atoms with Crippen molar-refractivity contribution in [3.63, 3.8) is 0 Å². The Morgan fingerprint density at radius 1 is 1.20 bits per heavy atom. The Hall–Kier alpha value is -1.15. The van der Waals surface area contributed by atoms with Gasteiger partial charge in [-0.1, -0.05) is 30.3 Å². The van der Waals surface area contributed by atoms with Crippen LogP contribution in [0.15, 0.2) is 30.3 Å². The van der Waals surface area contributed by atoms with E-state index in [1.165, 1.54) is 0 Å². The van der Waals surface area contributed by atoms with Crippen LogP contribution in [0.1, 0.15) is 38.1 Å². The molecule has 2 heteroatoms. The average molecular weight is 205 g/mol. The van der Waals surface area contributed by atoms with E-state index in [9.17, 15) is 4.79 Å². The predicted molar refractivity (Wildman–Crippen MR) is 63.1 cm³/mol.